The highest BCUT2D eigenvalue weighted by atomic mass is 32.1. The van der Waals surface area contributed by atoms with E-state index in [0.717, 1.165) is 22.3 Å². The fraction of sp³-hybridized carbons (Fsp3) is 0.0800. The fourth-order valence-electron chi connectivity index (χ4n) is 2.79. The molecule has 0 aliphatic heterocycles. The van der Waals surface area contributed by atoms with E-state index in [1.807, 2.05) is 79.7 Å². The van der Waals surface area contributed by atoms with E-state index >= 15 is 0 Å². The molecule has 0 atom stereocenters. The first-order valence-electron chi connectivity index (χ1n) is 9.93. The Morgan fingerprint density at radius 1 is 0.906 bits per heavy atom. The quantitative estimate of drug-likeness (QED) is 0.306. The Kier molecular flexibility index (Phi) is 8.11. The molecule has 3 N–H and O–H groups in total. The van der Waals surface area contributed by atoms with Gasteiger partial charge in [-0.1, -0.05) is 78.4 Å². The highest BCUT2D eigenvalue weighted by Crippen LogP contribution is 2.29. The zero-order chi connectivity index (χ0) is 22.8. The maximum absolute atomic E-state index is 12.1. The van der Waals surface area contributed by atoms with E-state index in [0.29, 0.717) is 5.75 Å². The average Bonchev–Trinajstić information content (AvgIpc) is 2.82. The molecule has 2 amide bonds. The SMILES string of the molecule is Cc1ccc(/C=C/C(=O)NC(=S)NNC(=O)COc2ccccc2-c2ccccc2)cc1. The van der Waals surface area contributed by atoms with E-state index in [2.05, 4.69) is 16.2 Å². The first-order valence-corrected chi connectivity index (χ1v) is 10.3. The van der Waals surface area contributed by atoms with Crippen LogP contribution < -0.4 is 20.9 Å². The maximum Gasteiger partial charge on any atom is 0.276 e. The van der Waals surface area contributed by atoms with Crippen molar-refractivity contribution in [2.24, 2.45) is 0 Å². The van der Waals surface area contributed by atoms with Gasteiger partial charge in [0, 0.05) is 11.6 Å². The molecule has 0 saturated heterocycles. The van der Waals surface area contributed by atoms with Crippen LogP contribution in [0.5, 0.6) is 5.75 Å². The number of nitrogens with one attached hydrogen (secondary N) is 3. The number of thiocarbonyl (C=S) groups is 1. The highest BCUT2D eigenvalue weighted by molar-refractivity contribution is 7.80. The third-order valence-corrected chi connectivity index (χ3v) is 4.59. The molecule has 3 rings (SSSR count). The second kappa shape index (κ2) is 11.4. The van der Waals surface area contributed by atoms with Crippen LogP contribution in [0.2, 0.25) is 0 Å². The Balaban J connectivity index is 1.44. The van der Waals surface area contributed by atoms with Crippen molar-refractivity contribution in [1.29, 1.82) is 0 Å². The number of ether oxygens (including phenoxy) is 1. The van der Waals surface area contributed by atoms with Gasteiger partial charge in [-0.25, -0.2) is 0 Å². The molecule has 0 aromatic heterocycles. The minimum absolute atomic E-state index is 0.0263. The van der Waals surface area contributed by atoms with Crippen molar-refractivity contribution in [3.05, 3.63) is 96.1 Å². The summed E-state index contributed by atoms with van der Waals surface area (Å²) in [5.41, 5.74) is 8.80. The first-order chi connectivity index (χ1) is 15.5. The summed E-state index contributed by atoms with van der Waals surface area (Å²) in [6.45, 7) is 1.77. The molecular weight excluding hydrogens is 422 g/mol. The number of amides is 2. The van der Waals surface area contributed by atoms with Gasteiger partial charge in [0.15, 0.2) is 11.7 Å². The standard InChI is InChI=1S/C25H23N3O3S/c1-18-11-13-19(14-12-18)15-16-23(29)26-25(32)28-27-24(30)17-31-22-10-6-5-9-21(22)20-7-3-2-4-8-20/h2-16H,17H2,1H3,(H,27,30)(H2,26,28,29,32)/b16-15+. The largest absolute Gasteiger partial charge is 0.483 e. The van der Waals surface area contributed by atoms with Crippen LogP contribution in [0.25, 0.3) is 17.2 Å². The highest BCUT2D eigenvalue weighted by Gasteiger charge is 2.09. The Morgan fingerprint density at radius 2 is 1.59 bits per heavy atom. The normalized spacial score (nSPS) is 10.4. The van der Waals surface area contributed by atoms with Crippen molar-refractivity contribution in [2.75, 3.05) is 6.61 Å². The van der Waals surface area contributed by atoms with E-state index in [1.54, 1.807) is 12.1 Å². The van der Waals surface area contributed by atoms with E-state index in [4.69, 9.17) is 17.0 Å². The van der Waals surface area contributed by atoms with Gasteiger partial charge < -0.3 is 4.74 Å². The molecule has 0 aliphatic rings. The molecule has 162 valence electrons. The van der Waals surface area contributed by atoms with Crippen LogP contribution in [0.1, 0.15) is 11.1 Å². The van der Waals surface area contributed by atoms with Crippen LogP contribution in [0, 0.1) is 6.92 Å². The Morgan fingerprint density at radius 3 is 2.34 bits per heavy atom. The predicted octanol–water partition coefficient (Wildman–Crippen LogP) is 3.78. The zero-order valence-electron chi connectivity index (χ0n) is 17.5. The molecule has 32 heavy (non-hydrogen) atoms. The molecule has 0 unspecified atom stereocenters. The molecule has 7 heteroatoms. The minimum atomic E-state index is -0.445. The lowest BCUT2D eigenvalue weighted by atomic mass is 10.1. The van der Waals surface area contributed by atoms with Crippen molar-refractivity contribution in [3.63, 3.8) is 0 Å². The first kappa shape index (κ1) is 22.7. The summed E-state index contributed by atoms with van der Waals surface area (Å²) in [6, 6.07) is 25.0. The Bertz CT molecular complexity index is 1110. The van der Waals surface area contributed by atoms with E-state index < -0.39 is 11.8 Å². The molecule has 0 radical (unpaired) electrons. The van der Waals surface area contributed by atoms with E-state index in [-0.39, 0.29) is 11.7 Å². The van der Waals surface area contributed by atoms with Crippen molar-refractivity contribution in [3.8, 4) is 16.9 Å². The van der Waals surface area contributed by atoms with Gasteiger partial charge in [0.1, 0.15) is 5.75 Å². The second-order valence-corrected chi connectivity index (χ2v) is 7.29. The number of carbonyl (C=O) groups excluding carboxylic acids is 2. The number of hydrazine groups is 1. The average molecular weight is 446 g/mol. The summed E-state index contributed by atoms with van der Waals surface area (Å²) in [6.07, 6.45) is 3.04. The molecule has 0 spiro atoms. The summed E-state index contributed by atoms with van der Waals surface area (Å²) in [5, 5.41) is 2.43. The second-order valence-electron chi connectivity index (χ2n) is 6.89. The lowest BCUT2D eigenvalue weighted by Crippen LogP contribution is -2.49. The van der Waals surface area contributed by atoms with Crippen molar-refractivity contribution >= 4 is 35.2 Å². The topological polar surface area (TPSA) is 79.5 Å². The monoisotopic (exact) mass is 445 g/mol. The minimum Gasteiger partial charge on any atom is -0.483 e. The number of hydrogen-bond donors (Lipinski definition) is 3. The maximum atomic E-state index is 12.1. The lowest BCUT2D eigenvalue weighted by molar-refractivity contribution is -0.123. The van der Waals surface area contributed by atoms with Gasteiger partial charge in [0.2, 0.25) is 5.91 Å². The number of benzene rings is 3. The summed E-state index contributed by atoms with van der Waals surface area (Å²) < 4.78 is 5.67. The third-order valence-electron chi connectivity index (χ3n) is 4.39. The molecule has 6 nitrogen and oxygen atoms in total. The van der Waals surface area contributed by atoms with Gasteiger partial charge in [0.05, 0.1) is 0 Å². The number of carbonyl (C=O) groups is 2. The summed E-state index contributed by atoms with van der Waals surface area (Å²) in [4.78, 5) is 24.1. The molecule has 0 fully saturated rings. The number of aryl methyl sites for hydroxylation is 1. The van der Waals surface area contributed by atoms with Crippen LogP contribution in [0.4, 0.5) is 0 Å². The van der Waals surface area contributed by atoms with Crippen LogP contribution in [0.3, 0.4) is 0 Å². The van der Waals surface area contributed by atoms with Crippen LogP contribution in [0.15, 0.2) is 84.9 Å². The van der Waals surface area contributed by atoms with Gasteiger partial charge in [-0.3, -0.25) is 25.8 Å². The number of rotatable bonds is 6. The van der Waals surface area contributed by atoms with Gasteiger partial charge in [-0.05, 0) is 42.4 Å². The molecule has 0 bridgehead atoms. The number of hydrogen-bond acceptors (Lipinski definition) is 4. The Hall–Kier alpha value is -3.97. The summed E-state index contributed by atoms with van der Waals surface area (Å²) >= 11 is 5.03. The van der Waals surface area contributed by atoms with Gasteiger partial charge in [0.25, 0.3) is 5.91 Å². The molecular formula is C25H23N3O3S. The van der Waals surface area contributed by atoms with E-state index in [9.17, 15) is 9.59 Å². The molecule has 0 aliphatic carbocycles. The third kappa shape index (κ3) is 7.07. The van der Waals surface area contributed by atoms with Crippen molar-refractivity contribution < 1.29 is 14.3 Å². The van der Waals surface area contributed by atoms with Crippen LogP contribution in [-0.2, 0) is 9.59 Å². The van der Waals surface area contributed by atoms with Crippen LogP contribution in [-0.4, -0.2) is 23.5 Å². The Labute approximate surface area is 192 Å². The molecule has 0 saturated carbocycles. The van der Waals surface area contributed by atoms with Gasteiger partial charge in [-0.15, -0.1) is 0 Å². The molecule has 0 heterocycles. The lowest BCUT2D eigenvalue weighted by Gasteiger charge is -2.13. The zero-order valence-corrected chi connectivity index (χ0v) is 18.3. The number of para-hydroxylation sites is 1. The molecule has 3 aromatic rings. The summed E-state index contributed by atoms with van der Waals surface area (Å²) in [7, 11) is 0. The predicted molar refractivity (Wildman–Crippen MR) is 130 cm³/mol. The van der Waals surface area contributed by atoms with Crippen molar-refractivity contribution in [2.45, 2.75) is 6.92 Å². The van der Waals surface area contributed by atoms with Gasteiger partial charge in [-0.2, -0.15) is 0 Å². The van der Waals surface area contributed by atoms with Gasteiger partial charge >= 0.3 is 0 Å². The summed E-state index contributed by atoms with van der Waals surface area (Å²) in [5.74, 6) is -0.268. The van der Waals surface area contributed by atoms with Crippen molar-refractivity contribution in [1.82, 2.24) is 16.2 Å². The fourth-order valence-corrected chi connectivity index (χ4v) is 2.94. The smallest absolute Gasteiger partial charge is 0.276 e. The van der Waals surface area contributed by atoms with Crippen LogP contribution >= 0.6 is 12.2 Å². The van der Waals surface area contributed by atoms with E-state index in [1.165, 1.54) is 6.08 Å². The molecule has 3 aromatic carbocycles.